The van der Waals surface area contributed by atoms with Crippen molar-refractivity contribution in [3.8, 4) is 5.75 Å². The average Bonchev–Trinajstić information content (AvgIpc) is 2.27. The molecule has 2 nitrogen and oxygen atoms in total. The predicted octanol–water partition coefficient (Wildman–Crippen LogP) is 2.63. The van der Waals surface area contributed by atoms with E-state index in [9.17, 15) is 0 Å². The molecule has 1 aliphatic heterocycles. The van der Waals surface area contributed by atoms with Gasteiger partial charge in [-0.1, -0.05) is 6.58 Å². The highest BCUT2D eigenvalue weighted by Crippen LogP contribution is 2.27. The zero-order chi connectivity index (χ0) is 9.97. The van der Waals surface area contributed by atoms with E-state index in [4.69, 9.17) is 9.47 Å². The summed E-state index contributed by atoms with van der Waals surface area (Å²) in [4.78, 5) is 0. The summed E-state index contributed by atoms with van der Waals surface area (Å²) in [5, 5.41) is 0. The van der Waals surface area contributed by atoms with E-state index in [1.54, 1.807) is 7.11 Å². The largest absolute Gasteiger partial charge is 0.497 e. The minimum atomic E-state index is 0.707. The fourth-order valence-electron chi connectivity index (χ4n) is 1.65. The quantitative estimate of drug-likeness (QED) is 0.667. The van der Waals surface area contributed by atoms with Gasteiger partial charge in [-0.15, -0.1) is 0 Å². The maximum absolute atomic E-state index is 5.52. The fraction of sp³-hybridized carbons (Fsp3) is 0.333. The van der Waals surface area contributed by atoms with Gasteiger partial charge in [0.1, 0.15) is 11.5 Å². The molecule has 1 aliphatic rings. The van der Waals surface area contributed by atoms with Gasteiger partial charge < -0.3 is 9.47 Å². The van der Waals surface area contributed by atoms with E-state index in [-0.39, 0.29) is 0 Å². The van der Waals surface area contributed by atoms with E-state index in [2.05, 4.69) is 12.6 Å². The lowest BCUT2D eigenvalue weighted by molar-refractivity contribution is 0.288. The molecule has 0 aromatic heterocycles. The normalized spacial score (nSPS) is 14.1. The first-order valence-electron chi connectivity index (χ1n) is 4.80. The molecule has 2 heteroatoms. The van der Waals surface area contributed by atoms with Crippen molar-refractivity contribution in [3.63, 3.8) is 0 Å². The first-order chi connectivity index (χ1) is 6.81. The van der Waals surface area contributed by atoms with Gasteiger partial charge in [0.05, 0.1) is 13.7 Å². The monoisotopic (exact) mass is 190 g/mol. The molecule has 0 unspecified atom stereocenters. The lowest BCUT2D eigenvalue weighted by atomic mass is 10.0. The summed E-state index contributed by atoms with van der Waals surface area (Å²) in [5.74, 6) is 1.71. The van der Waals surface area contributed by atoms with Crippen LogP contribution in [0.5, 0.6) is 5.75 Å². The Morgan fingerprint density at radius 3 is 3.14 bits per heavy atom. The van der Waals surface area contributed by atoms with E-state index < -0.39 is 0 Å². The SMILES string of the molecule is C=C(OC)c1ccc2c(c1)CCCO2. The molecule has 2 rings (SSSR count). The van der Waals surface area contributed by atoms with Crippen molar-refractivity contribution in [1.29, 1.82) is 0 Å². The summed E-state index contributed by atoms with van der Waals surface area (Å²) in [6.07, 6.45) is 2.18. The van der Waals surface area contributed by atoms with Crippen LogP contribution in [-0.4, -0.2) is 13.7 Å². The second-order valence-electron chi connectivity index (χ2n) is 3.40. The minimum absolute atomic E-state index is 0.707. The fourth-order valence-corrected chi connectivity index (χ4v) is 1.65. The van der Waals surface area contributed by atoms with Crippen molar-refractivity contribution < 1.29 is 9.47 Å². The van der Waals surface area contributed by atoms with Crippen LogP contribution in [-0.2, 0) is 11.2 Å². The summed E-state index contributed by atoms with van der Waals surface area (Å²) in [6.45, 7) is 4.66. The Hall–Kier alpha value is -1.44. The zero-order valence-corrected chi connectivity index (χ0v) is 8.38. The highest BCUT2D eigenvalue weighted by molar-refractivity contribution is 5.60. The molecule has 0 saturated carbocycles. The van der Waals surface area contributed by atoms with Gasteiger partial charge in [0, 0.05) is 5.56 Å². The first kappa shape index (κ1) is 9.13. The van der Waals surface area contributed by atoms with Gasteiger partial charge in [0.2, 0.25) is 0 Å². The zero-order valence-electron chi connectivity index (χ0n) is 8.38. The van der Waals surface area contributed by atoms with Crippen molar-refractivity contribution in [2.24, 2.45) is 0 Å². The van der Waals surface area contributed by atoms with Gasteiger partial charge in [-0.25, -0.2) is 0 Å². The molecule has 0 fully saturated rings. The molecule has 0 amide bonds. The summed E-state index contributed by atoms with van der Waals surface area (Å²) in [7, 11) is 1.64. The number of methoxy groups -OCH3 is 1. The molecule has 0 N–H and O–H groups in total. The molecule has 14 heavy (non-hydrogen) atoms. The molecule has 0 aliphatic carbocycles. The number of hydrogen-bond donors (Lipinski definition) is 0. The van der Waals surface area contributed by atoms with E-state index in [1.807, 2.05) is 12.1 Å². The van der Waals surface area contributed by atoms with Gasteiger partial charge in [0.15, 0.2) is 0 Å². The van der Waals surface area contributed by atoms with Crippen LogP contribution in [0, 0.1) is 0 Å². The number of rotatable bonds is 2. The van der Waals surface area contributed by atoms with Gasteiger partial charge in [-0.3, -0.25) is 0 Å². The molecule has 74 valence electrons. The third-order valence-electron chi connectivity index (χ3n) is 2.48. The molecule has 0 bridgehead atoms. The molecule has 0 saturated heterocycles. The van der Waals surface area contributed by atoms with Crippen LogP contribution in [0.4, 0.5) is 0 Å². The average molecular weight is 190 g/mol. The summed E-state index contributed by atoms with van der Waals surface area (Å²) in [6, 6.07) is 6.07. The second-order valence-corrected chi connectivity index (χ2v) is 3.40. The molecule has 0 radical (unpaired) electrons. The highest BCUT2D eigenvalue weighted by Gasteiger charge is 2.11. The molecular formula is C12H14O2. The maximum Gasteiger partial charge on any atom is 0.122 e. The minimum Gasteiger partial charge on any atom is -0.497 e. The summed E-state index contributed by atoms with van der Waals surface area (Å²) in [5.41, 5.74) is 2.30. The molecule has 1 aromatic rings. The molecule has 0 atom stereocenters. The predicted molar refractivity (Wildman–Crippen MR) is 56.3 cm³/mol. The Labute approximate surface area is 84.2 Å². The second kappa shape index (κ2) is 3.74. The van der Waals surface area contributed by atoms with Crippen molar-refractivity contribution in [1.82, 2.24) is 0 Å². The number of aryl methyl sites for hydroxylation is 1. The van der Waals surface area contributed by atoms with Crippen molar-refractivity contribution in [2.45, 2.75) is 12.8 Å². The Morgan fingerprint density at radius 1 is 1.50 bits per heavy atom. The standard InChI is InChI=1S/C12H14O2/c1-9(13-2)10-5-6-12-11(8-10)4-3-7-14-12/h5-6,8H,1,3-4,7H2,2H3. The summed E-state index contributed by atoms with van der Waals surface area (Å²) >= 11 is 0. The van der Waals surface area contributed by atoms with Crippen molar-refractivity contribution in [2.75, 3.05) is 13.7 Å². The molecule has 0 spiro atoms. The van der Waals surface area contributed by atoms with Gasteiger partial charge >= 0.3 is 0 Å². The van der Waals surface area contributed by atoms with E-state index >= 15 is 0 Å². The first-order valence-corrected chi connectivity index (χ1v) is 4.80. The van der Waals surface area contributed by atoms with Crippen LogP contribution in [0.1, 0.15) is 17.5 Å². The third kappa shape index (κ3) is 1.60. The van der Waals surface area contributed by atoms with E-state index in [1.165, 1.54) is 5.56 Å². The number of hydrogen-bond acceptors (Lipinski definition) is 2. The van der Waals surface area contributed by atoms with Crippen LogP contribution in [0.3, 0.4) is 0 Å². The number of ether oxygens (including phenoxy) is 2. The Morgan fingerprint density at radius 2 is 2.36 bits per heavy atom. The van der Waals surface area contributed by atoms with Crippen LogP contribution in [0.25, 0.3) is 5.76 Å². The Bertz CT molecular complexity index is 355. The van der Waals surface area contributed by atoms with Crippen molar-refractivity contribution in [3.05, 3.63) is 35.9 Å². The third-order valence-corrected chi connectivity index (χ3v) is 2.48. The Balaban J connectivity index is 2.33. The number of benzene rings is 1. The van der Waals surface area contributed by atoms with Crippen LogP contribution in [0.2, 0.25) is 0 Å². The molecule has 1 aromatic carbocycles. The lowest BCUT2D eigenvalue weighted by Gasteiger charge is -2.18. The van der Waals surface area contributed by atoms with Crippen LogP contribution < -0.4 is 4.74 Å². The topological polar surface area (TPSA) is 18.5 Å². The smallest absolute Gasteiger partial charge is 0.122 e. The van der Waals surface area contributed by atoms with E-state index in [0.29, 0.717) is 5.76 Å². The maximum atomic E-state index is 5.52. The lowest BCUT2D eigenvalue weighted by Crippen LogP contribution is -2.08. The van der Waals surface area contributed by atoms with Gasteiger partial charge in [-0.05, 0) is 36.6 Å². The van der Waals surface area contributed by atoms with Crippen LogP contribution >= 0.6 is 0 Å². The summed E-state index contributed by atoms with van der Waals surface area (Å²) < 4.78 is 10.6. The molecular weight excluding hydrogens is 176 g/mol. The Kier molecular flexibility index (Phi) is 2.44. The highest BCUT2D eigenvalue weighted by atomic mass is 16.5. The van der Waals surface area contributed by atoms with Gasteiger partial charge in [0.25, 0.3) is 0 Å². The van der Waals surface area contributed by atoms with Crippen LogP contribution in [0.15, 0.2) is 24.8 Å². The molecule has 1 heterocycles. The number of fused-ring (bicyclic) bond motifs is 1. The van der Waals surface area contributed by atoms with E-state index in [0.717, 1.165) is 30.8 Å². The van der Waals surface area contributed by atoms with Gasteiger partial charge in [-0.2, -0.15) is 0 Å². The van der Waals surface area contributed by atoms with Crippen molar-refractivity contribution >= 4 is 5.76 Å².